The number of carbonyl (C=O) groups is 1. The van der Waals surface area contributed by atoms with E-state index in [1.54, 1.807) is 4.90 Å². The summed E-state index contributed by atoms with van der Waals surface area (Å²) >= 11 is 0. The van der Waals surface area contributed by atoms with Crippen molar-refractivity contribution < 1.29 is 9.90 Å². The molecule has 0 aliphatic carbocycles. The van der Waals surface area contributed by atoms with Crippen LogP contribution in [0.15, 0.2) is 6.07 Å². The topological polar surface area (TPSA) is 69.6 Å². The molecule has 6 nitrogen and oxygen atoms in total. The highest BCUT2D eigenvalue weighted by atomic mass is 16.4. The fraction of sp³-hybridized carbons (Fsp3) is 0.615. The zero-order chi connectivity index (χ0) is 14.4. The molecule has 0 bridgehead atoms. The standard InChI is InChI=1S/C13H22N4O2/c1-5-11-8-12(15-10(2)14-11)17(9-13(18)19)7-6-16(3)4/h8H,5-7,9H2,1-4H3,(H,18,19). The number of hydrogen-bond donors (Lipinski definition) is 1. The smallest absolute Gasteiger partial charge is 0.323 e. The number of aliphatic carboxylic acids is 1. The van der Waals surface area contributed by atoms with E-state index in [-0.39, 0.29) is 6.54 Å². The van der Waals surface area contributed by atoms with Gasteiger partial charge in [-0.15, -0.1) is 0 Å². The maximum atomic E-state index is 11.0. The van der Waals surface area contributed by atoms with Crippen molar-refractivity contribution in [3.63, 3.8) is 0 Å². The number of carboxylic acids is 1. The van der Waals surface area contributed by atoms with Crippen molar-refractivity contribution in [2.24, 2.45) is 0 Å². The molecule has 0 atom stereocenters. The zero-order valence-corrected chi connectivity index (χ0v) is 12.1. The predicted molar refractivity (Wildman–Crippen MR) is 74.5 cm³/mol. The number of likely N-dealkylation sites (N-methyl/N-ethyl adjacent to an activating group) is 1. The summed E-state index contributed by atoms with van der Waals surface area (Å²) in [5, 5.41) is 9.01. The van der Waals surface area contributed by atoms with Crippen molar-refractivity contribution in [2.45, 2.75) is 20.3 Å². The van der Waals surface area contributed by atoms with Gasteiger partial charge >= 0.3 is 5.97 Å². The molecule has 0 fully saturated rings. The fourth-order valence-corrected chi connectivity index (χ4v) is 1.71. The minimum atomic E-state index is -0.854. The van der Waals surface area contributed by atoms with E-state index in [1.807, 2.05) is 38.9 Å². The molecule has 19 heavy (non-hydrogen) atoms. The average Bonchev–Trinajstić information content (AvgIpc) is 2.32. The van der Waals surface area contributed by atoms with Gasteiger partial charge in [0.2, 0.25) is 0 Å². The Labute approximate surface area is 114 Å². The number of anilines is 1. The number of carboxylic acid groups (broad SMARTS) is 1. The molecule has 0 spiro atoms. The summed E-state index contributed by atoms with van der Waals surface area (Å²) in [5.41, 5.74) is 0.933. The van der Waals surface area contributed by atoms with Crippen molar-refractivity contribution >= 4 is 11.8 Å². The van der Waals surface area contributed by atoms with Crippen LogP contribution in [0, 0.1) is 6.92 Å². The van der Waals surface area contributed by atoms with E-state index in [9.17, 15) is 4.79 Å². The Bertz CT molecular complexity index is 435. The van der Waals surface area contributed by atoms with Crippen LogP contribution in [-0.4, -0.2) is 59.7 Å². The first-order valence-corrected chi connectivity index (χ1v) is 6.38. The van der Waals surface area contributed by atoms with E-state index in [0.29, 0.717) is 18.2 Å². The maximum Gasteiger partial charge on any atom is 0.323 e. The van der Waals surface area contributed by atoms with Gasteiger partial charge in [-0.05, 0) is 27.4 Å². The van der Waals surface area contributed by atoms with Gasteiger partial charge in [-0.1, -0.05) is 6.92 Å². The van der Waals surface area contributed by atoms with E-state index >= 15 is 0 Å². The quantitative estimate of drug-likeness (QED) is 0.787. The van der Waals surface area contributed by atoms with Crippen molar-refractivity contribution in [3.8, 4) is 0 Å². The summed E-state index contributed by atoms with van der Waals surface area (Å²) in [6, 6.07) is 1.87. The highest BCUT2D eigenvalue weighted by molar-refractivity contribution is 5.73. The summed E-state index contributed by atoms with van der Waals surface area (Å²) in [5.74, 6) is 0.510. The van der Waals surface area contributed by atoms with Gasteiger partial charge in [-0.3, -0.25) is 4.79 Å². The largest absolute Gasteiger partial charge is 0.480 e. The third kappa shape index (κ3) is 5.21. The molecule has 1 rings (SSSR count). The predicted octanol–water partition coefficient (Wildman–Crippen LogP) is 0.800. The van der Waals surface area contributed by atoms with Gasteiger partial charge in [0.1, 0.15) is 18.2 Å². The average molecular weight is 266 g/mol. The molecule has 0 amide bonds. The molecule has 0 aliphatic heterocycles. The molecule has 0 saturated carbocycles. The summed E-state index contributed by atoms with van der Waals surface area (Å²) in [6.45, 7) is 5.20. The highest BCUT2D eigenvalue weighted by Crippen LogP contribution is 2.13. The van der Waals surface area contributed by atoms with Gasteiger partial charge < -0.3 is 14.9 Å². The first-order chi connectivity index (χ1) is 8.92. The zero-order valence-electron chi connectivity index (χ0n) is 12.1. The second kappa shape index (κ2) is 7.04. The molecule has 106 valence electrons. The van der Waals surface area contributed by atoms with Crippen molar-refractivity contribution in [2.75, 3.05) is 38.6 Å². The Balaban J connectivity index is 2.94. The first kappa shape index (κ1) is 15.4. The van der Waals surface area contributed by atoms with E-state index in [4.69, 9.17) is 5.11 Å². The van der Waals surface area contributed by atoms with Crippen LogP contribution in [-0.2, 0) is 11.2 Å². The Morgan fingerprint density at radius 2 is 2.00 bits per heavy atom. The van der Waals surface area contributed by atoms with Crippen LogP contribution in [0.1, 0.15) is 18.4 Å². The highest BCUT2D eigenvalue weighted by Gasteiger charge is 2.13. The maximum absolute atomic E-state index is 11.0. The van der Waals surface area contributed by atoms with Crippen molar-refractivity contribution in [1.29, 1.82) is 0 Å². The minimum Gasteiger partial charge on any atom is -0.480 e. The van der Waals surface area contributed by atoms with Crippen LogP contribution in [0.5, 0.6) is 0 Å². The molecular weight excluding hydrogens is 244 g/mol. The van der Waals surface area contributed by atoms with Gasteiger partial charge in [-0.2, -0.15) is 0 Å². The molecule has 1 aromatic heterocycles. The van der Waals surface area contributed by atoms with Crippen LogP contribution in [0.25, 0.3) is 0 Å². The van der Waals surface area contributed by atoms with Crippen LogP contribution >= 0.6 is 0 Å². The summed E-state index contributed by atoms with van der Waals surface area (Å²) in [4.78, 5) is 23.4. The molecule has 0 aliphatic rings. The molecular formula is C13H22N4O2. The number of hydrogen-bond acceptors (Lipinski definition) is 5. The number of rotatable bonds is 7. The summed E-state index contributed by atoms with van der Waals surface area (Å²) in [6.07, 6.45) is 0.810. The third-order valence-corrected chi connectivity index (χ3v) is 2.71. The second-order valence-corrected chi connectivity index (χ2v) is 4.74. The van der Waals surface area contributed by atoms with Gasteiger partial charge in [0.05, 0.1) is 0 Å². The van der Waals surface area contributed by atoms with Gasteiger partial charge in [0.15, 0.2) is 0 Å². The van der Waals surface area contributed by atoms with Crippen molar-refractivity contribution in [1.82, 2.24) is 14.9 Å². The molecule has 1 heterocycles. The Kier molecular flexibility index (Phi) is 5.69. The SMILES string of the molecule is CCc1cc(N(CCN(C)C)CC(=O)O)nc(C)n1. The van der Waals surface area contributed by atoms with Gasteiger partial charge in [-0.25, -0.2) is 9.97 Å². The Morgan fingerprint density at radius 3 is 2.53 bits per heavy atom. The molecule has 1 N–H and O–H groups in total. The molecule has 0 saturated heterocycles. The van der Waals surface area contributed by atoms with Crippen LogP contribution in [0.2, 0.25) is 0 Å². The van der Waals surface area contributed by atoms with E-state index < -0.39 is 5.97 Å². The number of aryl methyl sites for hydroxylation is 2. The molecule has 0 unspecified atom stereocenters. The van der Waals surface area contributed by atoms with Crippen molar-refractivity contribution in [3.05, 3.63) is 17.6 Å². The van der Waals surface area contributed by atoms with Crippen LogP contribution in [0.3, 0.4) is 0 Å². The molecule has 0 aromatic carbocycles. The summed E-state index contributed by atoms with van der Waals surface area (Å²) < 4.78 is 0. The lowest BCUT2D eigenvalue weighted by Crippen LogP contribution is -2.36. The summed E-state index contributed by atoms with van der Waals surface area (Å²) in [7, 11) is 3.92. The lowest BCUT2D eigenvalue weighted by atomic mass is 10.3. The first-order valence-electron chi connectivity index (χ1n) is 6.38. The minimum absolute atomic E-state index is 0.0482. The Morgan fingerprint density at radius 1 is 1.32 bits per heavy atom. The molecule has 6 heteroatoms. The third-order valence-electron chi connectivity index (χ3n) is 2.71. The lowest BCUT2D eigenvalue weighted by Gasteiger charge is -2.24. The number of aromatic nitrogens is 2. The normalized spacial score (nSPS) is 10.8. The molecule has 1 aromatic rings. The van der Waals surface area contributed by atoms with Gasteiger partial charge in [0, 0.05) is 24.8 Å². The fourth-order valence-electron chi connectivity index (χ4n) is 1.71. The lowest BCUT2D eigenvalue weighted by molar-refractivity contribution is -0.135. The van der Waals surface area contributed by atoms with E-state index in [2.05, 4.69) is 9.97 Å². The number of nitrogens with zero attached hydrogens (tertiary/aromatic N) is 4. The van der Waals surface area contributed by atoms with Crippen LogP contribution < -0.4 is 4.90 Å². The molecule has 0 radical (unpaired) electrons. The van der Waals surface area contributed by atoms with Gasteiger partial charge in [0.25, 0.3) is 0 Å². The van der Waals surface area contributed by atoms with E-state index in [0.717, 1.165) is 18.7 Å². The Hall–Kier alpha value is -1.69. The van der Waals surface area contributed by atoms with Crippen LogP contribution in [0.4, 0.5) is 5.82 Å². The van der Waals surface area contributed by atoms with E-state index in [1.165, 1.54) is 0 Å². The monoisotopic (exact) mass is 266 g/mol. The second-order valence-electron chi connectivity index (χ2n) is 4.74.